The molecule has 2 rings (SSSR count). The van der Waals surface area contributed by atoms with Gasteiger partial charge in [0, 0.05) is 6.54 Å². The van der Waals surface area contributed by atoms with Crippen molar-refractivity contribution < 1.29 is 28.9 Å². The molecule has 0 radical (unpaired) electrons. The molecule has 0 bridgehead atoms. The summed E-state index contributed by atoms with van der Waals surface area (Å²) in [6.07, 6.45) is -0.346. The number of benzene rings is 1. The molecule has 0 aromatic heterocycles. The normalized spacial score (nSPS) is 17.4. The van der Waals surface area contributed by atoms with Gasteiger partial charge in [-0.1, -0.05) is 6.07 Å². The third-order valence-corrected chi connectivity index (χ3v) is 3.57. The maximum absolute atomic E-state index is 11.6. The first kappa shape index (κ1) is 16.1. The molecule has 1 fully saturated rings. The van der Waals surface area contributed by atoms with E-state index < -0.39 is 12.1 Å². The average molecular weight is 309 g/mol. The summed E-state index contributed by atoms with van der Waals surface area (Å²) in [4.78, 5) is 23.8. The summed E-state index contributed by atoms with van der Waals surface area (Å²) in [6.45, 7) is 1.20. The third kappa shape index (κ3) is 3.67. The lowest BCUT2D eigenvalue weighted by molar-refractivity contribution is 0.0464. The predicted molar refractivity (Wildman–Crippen MR) is 77.1 cm³/mol. The number of likely N-dealkylation sites (tertiary alicyclic amines) is 1. The van der Waals surface area contributed by atoms with Gasteiger partial charge in [0.05, 0.1) is 33.5 Å². The van der Waals surface area contributed by atoms with E-state index in [1.807, 2.05) is 0 Å². The summed E-state index contributed by atoms with van der Waals surface area (Å²) in [5.74, 6) is -0.0382. The van der Waals surface area contributed by atoms with Crippen molar-refractivity contribution in [3.05, 3.63) is 29.3 Å². The van der Waals surface area contributed by atoms with Crippen molar-refractivity contribution in [1.82, 2.24) is 4.90 Å². The van der Waals surface area contributed by atoms with Gasteiger partial charge in [-0.3, -0.25) is 0 Å². The lowest BCUT2D eigenvalue weighted by atomic mass is 10.1. The number of amides is 1. The van der Waals surface area contributed by atoms with Crippen molar-refractivity contribution in [2.24, 2.45) is 0 Å². The zero-order chi connectivity index (χ0) is 16.1. The fraction of sp³-hybridized carbons (Fsp3) is 0.467. The molecule has 7 heteroatoms. The van der Waals surface area contributed by atoms with Crippen molar-refractivity contribution in [3.8, 4) is 5.75 Å². The molecule has 1 heterocycles. The number of nitrogens with zero attached hydrogens (tertiary/aromatic N) is 1. The molecular formula is C15H19NO6. The Morgan fingerprint density at radius 1 is 1.36 bits per heavy atom. The van der Waals surface area contributed by atoms with Crippen molar-refractivity contribution >= 4 is 12.1 Å². The second kappa shape index (κ2) is 7.13. The minimum absolute atomic E-state index is 0.109. The Balaban J connectivity index is 1.96. The molecule has 1 aliphatic heterocycles. The highest BCUT2D eigenvalue weighted by Gasteiger charge is 2.26. The van der Waals surface area contributed by atoms with E-state index in [9.17, 15) is 9.59 Å². The number of carboxylic acid groups (broad SMARTS) is 1. The zero-order valence-electron chi connectivity index (χ0n) is 12.6. The molecule has 0 unspecified atom stereocenters. The highest BCUT2D eigenvalue weighted by Crippen LogP contribution is 2.22. The van der Waals surface area contributed by atoms with E-state index in [2.05, 4.69) is 4.74 Å². The van der Waals surface area contributed by atoms with Crippen molar-refractivity contribution in [2.75, 3.05) is 27.3 Å². The minimum Gasteiger partial charge on any atom is -0.496 e. The standard InChI is InChI=1S/C15H19NO6/c1-20-13-7-10(3-4-12(13)14(17)21-2)9-22-11-5-6-16(8-11)15(18)19/h3-4,7,11H,5-6,8-9H2,1-2H3,(H,18,19)/t11-/m1/s1. The van der Waals surface area contributed by atoms with Gasteiger partial charge in [-0.05, 0) is 24.1 Å². The van der Waals surface area contributed by atoms with Crippen molar-refractivity contribution in [1.29, 1.82) is 0 Å². The molecule has 120 valence electrons. The average Bonchev–Trinajstić information content (AvgIpc) is 3.01. The lowest BCUT2D eigenvalue weighted by Gasteiger charge is -2.14. The van der Waals surface area contributed by atoms with Gasteiger partial charge in [0.1, 0.15) is 11.3 Å². The van der Waals surface area contributed by atoms with Crippen LogP contribution in [0.3, 0.4) is 0 Å². The van der Waals surface area contributed by atoms with Crippen LogP contribution in [0.25, 0.3) is 0 Å². The molecule has 0 spiro atoms. The van der Waals surface area contributed by atoms with E-state index in [0.717, 1.165) is 5.56 Å². The molecule has 7 nitrogen and oxygen atoms in total. The first-order valence-corrected chi connectivity index (χ1v) is 6.90. The fourth-order valence-corrected chi connectivity index (χ4v) is 2.36. The first-order valence-electron chi connectivity index (χ1n) is 6.90. The Hall–Kier alpha value is -2.28. The van der Waals surface area contributed by atoms with Gasteiger partial charge >= 0.3 is 12.1 Å². The Morgan fingerprint density at radius 2 is 2.14 bits per heavy atom. The molecule has 1 amide bonds. The second-order valence-corrected chi connectivity index (χ2v) is 4.98. The number of esters is 1. The van der Waals surface area contributed by atoms with Crippen LogP contribution in [0.1, 0.15) is 22.3 Å². The molecule has 1 aliphatic rings. The molecule has 1 saturated heterocycles. The SMILES string of the molecule is COC(=O)c1ccc(CO[C@@H]2CCN(C(=O)O)C2)cc1OC. The number of rotatable bonds is 5. The largest absolute Gasteiger partial charge is 0.496 e. The third-order valence-electron chi connectivity index (χ3n) is 3.57. The van der Waals surface area contributed by atoms with Crippen molar-refractivity contribution in [3.63, 3.8) is 0 Å². The highest BCUT2D eigenvalue weighted by atomic mass is 16.5. The lowest BCUT2D eigenvalue weighted by Crippen LogP contribution is -2.28. The molecule has 0 saturated carbocycles. The zero-order valence-corrected chi connectivity index (χ0v) is 12.6. The van der Waals surface area contributed by atoms with Crippen LogP contribution >= 0.6 is 0 Å². The Labute approximate surface area is 128 Å². The van der Waals surface area contributed by atoms with Gasteiger partial charge in [0.2, 0.25) is 0 Å². The van der Waals surface area contributed by atoms with Gasteiger partial charge in [0.25, 0.3) is 0 Å². The first-order chi connectivity index (χ1) is 10.5. The van der Waals surface area contributed by atoms with Gasteiger partial charge in [-0.15, -0.1) is 0 Å². The molecule has 1 aromatic carbocycles. The minimum atomic E-state index is -0.921. The Bertz CT molecular complexity index is 559. The highest BCUT2D eigenvalue weighted by molar-refractivity contribution is 5.92. The number of carbonyl (C=O) groups is 2. The summed E-state index contributed by atoms with van der Waals surface area (Å²) in [5.41, 5.74) is 1.20. The molecule has 22 heavy (non-hydrogen) atoms. The predicted octanol–water partition coefficient (Wildman–Crippen LogP) is 1.75. The summed E-state index contributed by atoms with van der Waals surface area (Å²) in [6, 6.07) is 5.11. The summed E-state index contributed by atoms with van der Waals surface area (Å²) in [5, 5.41) is 8.90. The van der Waals surface area contributed by atoms with Crippen molar-refractivity contribution in [2.45, 2.75) is 19.1 Å². The van der Waals surface area contributed by atoms with E-state index in [0.29, 0.717) is 37.4 Å². The van der Waals surface area contributed by atoms with Gasteiger partial charge < -0.3 is 24.2 Å². The molecule has 0 aliphatic carbocycles. The van der Waals surface area contributed by atoms with Crippen LogP contribution in [0.15, 0.2) is 18.2 Å². The van der Waals surface area contributed by atoms with E-state index in [1.165, 1.54) is 19.1 Å². The van der Waals surface area contributed by atoms with E-state index in [4.69, 9.17) is 14.6 Å². The van der Waals surface area contributed by atoms with Crippen LogP contribution in [0, 0.1) is 0 Å². The monoisotopic (exact) mass is 309 g/mol. The van der Waals surface area contributed by atoms with Crippen LogP contribution in [0.2, 0.25) is 0 Å². The van der Waals surface area contributed by atoms with Gasteiger partial charge in [0.15, 0.2) is 0 Å². The van der Waals surface area contributed by atoms with Crippen LogP contribution < -0.4 is 4.74 Å². The molecular weight excluding hydrogens is 290 g/mol. The van der Waals surface area contributed by atoms with Crippen LogP contribution in [-0.2, 0) is 16.1 Å². The maximum Gasteiger partial charge on any atom is 0.407 e. The van der Waals surface area contributed by atoms with Crippen LogP contribution in [0.5, 0.6) is 5.75 Å². The topological polar surface area (TPSA) is 85.3 Å². The number of hydrogen-bond donors (Lipinski definition) is 1. The summed E-state index contributed by atoms with van der Waals surface area (Å²) >= 11 is 0. The number of hydrogen-bond acceptors (Lipinski definition) is 5. The number of methoxy groups -OCH3 is 2. The molecule has 1 aromatic rings. The van der Waals surface area contributed by atoms with Gasteiger partial charge in [-0.2, -0.15) is 0 Å². The second-order valence-electron chi connectivity index (χ2n) is 4.98. The Morgan fingerprint density at radius 3 is 2.73 bits per heavy atom. The number of carbonyl (C=O) groups excluding carboxylic acids is 1. The van der Waals surface area contributed by atoms with Crippen LogP contribution in [-0.4, -0.2) is 55.5 Å². The quantitative estimate of drug-likeness (QED) is 0.834. The summed E-state index contributed by atoms with van der Waals surface area (Å²) in [7, 11) is 2.79. The Kier molecular flexibility index (Phi) is 5.21. The summed E-state index contributed by atoms with van der Waals surface area (Å²) < 4.78 is 15.6. The van der Waals surface area contributed by atoms with E-state index in [1.54, 1.807) is 18.2 Å². The van der Waals surface area contributed by atoms with E-state index in [-0.39, 0.29) is 6.10 Å². The smallest absolute Gasteiger partial charge is 0.407 e. The molecule has 1 N–H and O–H groups in total. The molecule has 1 atom stereocenters. The van der Waals surface area contributed by atoms with Gasteiger partial charge in [-0.25, -0.2) is 9.59 Å². The van der Waals surface area contributed by atoms with E-state index >= 15 is 0 Å². The number of ether oxygens (including phenoxy) is 3. The maximum atomic E-state index is 11.6. The fourth-order valence-electron chi connectivity index (χ4n) is 2.36. The van der Waals surface area contributed by atoms with Crippen LogP contribution in [0.4, 0.5) is 4.79 Å².